The summed E-state index contributed by atoms with van der Waals surface area (Å²) >= 11 is 0. The van der Waals surface area contributed by atoms with E-state index in [0.717, 1.165) is 24.5 Å². The van der Waals surface area contributed by atoms with E-state index >= 15 is 0 Å². The molecule has 0 aliphatic rings. The van der Waals surface area contributed by atoms with Crippen LogP contribution in [0.25, 0.3) is 0 Å². The second-order valence-electron chi connectivity index (χ2n) is 3.91. The minimum atomic E-state index is -4.10. The zero-order valence-corrected chi connectivity index (χ0v) is 12.1. The van der Waals surface area contributed by atoms with Crippen LogP contribution in [0.5, 0.6) is 0 Å². The van der Waals surface area contributed by atoms with Crippen molar-refractivity contribution < 1.29 is 26.3 Å². The zero-order chi connectivity index (χ0) is 15.4. The standard InChI is InChI=1S/C11H12FNO5S2/c1-19(15,16)8-20(17,18)13-10-4-5-11(12)9(7-10)3-2-6-14/h4-5,7,13-14H,6,8H2,1H3. The summed E-state index contributed by atoms with van der Waals surface area (Å²) in [4.78, 5) is 0. The van der Waals surface area contributed by atoms with Crippen molar-refractivity contribution >= 4 is 25.5 Å². The highest BCUT2D eigenvalue weighted by Gasteiger charge is 2.18. The fourth-order valence-electron chi connectivity index (χ4n) is 1.31. The smallest absolute Gasteiger partial charge is 0.247 e. The van der Waals surface area contributed by atoms with Gasteiger partial charge in [-0.3, -0.25) is 4.72 Å². The molecule has 0 fully saturated rings. The number of benzene rings is 1. The molecule has 0 radical (unpaired) electrons. The molecule has 6 nitrogen and oxygen atoms in total. The van der Waals surface area contributed by atoms with Crippen LogP contribution in [0.15, 0.2) is 18.2 Å². The maximum absolute atomic E-state index is 13.3. The van der Waals surface area contributed by atoms with Gasteiger partial charge in [-0.2, -0.15) is 0 Å². The molecule has 0 aliphatic carbocycles. The van der Waals surface area contributed by atoms with E-state index in [1.54, 1.807) is 0 Å². The Hall–Kier alpha value is -1.63. The maximum Gasteiger partial charge on any atom is 0.247 e. The predicted molar refractivity (Wildman–Crippen MR) is 72.6 cm³/mol. The summed E-state index contributed by atoms with van der Waals surface area (Å²) in [5.74, 6) is 3.85. The van der Waals surface area contributed by atoms with Gasteiger partial charge >= 0.3 is 0 Å². The average Bonchev–Trinajstić information content (AvgIpc) is 2.26. The van der Waals surface area contributed by atoms with E-state index in [2.05, 4.69) is 11.8 Å². The molecule has 1 aromatic rings. The molecule has 0 unspecified atom stereocenters. The molecular weight excluding hydrogens is 309 g/mol. The third-order valence-corrected chi connectivity index (χ3v) is 5.41. The van der Waals surface area contributed by atoms with Crippen LogP contribution in [0.4, 0.5) is 10.1 Å². The van der Waals surface area contributed by atoms with Gasteiger partial charge in [-0.25, -0.2) is 21.2 Å². The SMILES string of the molecule is CS(=O)(=O)CS(=O)(=O)Nc1ccc(F)c(C#CCO)c1. The molecule has 0 aliphatic heterocycles. The Kier molecular flexibility index (Phi) is 5.10. The van der Waals surface area contributed by atoms with Crippen LogP contribution >= 0.6 is 0 Å². The number of rotatable bonds is 4. The van der Waals surface area contributed by atoms with E-state index in [4.69, 9.17) is 5.11 Å². The lowest BCUT2D eigenvalue weighted by molar-refractivity contribution is 0.350. The first-order valence-corrected chi connectivity index (χ1v) is 8.92. The summed E-state index contributed by atoms with van der Waals surface area (Å²) in [6.07, 6.45) is 0.787. The minimum Gasteiger partial charge on any atom is -0.384 e. The molecule has 0 saturated carbocycles. The van der Waals surface area contributed by atoms with Crippen LogP contribution in [0.1, 0.15) is 5.56 Å². The number of sulfonamides is 1. The van der Waals surface area contributed by atoms with Crippen molar-refractivity contribution in [3.8, 4) is 11.8 Å². The third kappa shape index (κ3) is 5.56. The Morgan fingerprint density at radius 3 is 2.50 bits per heavy atom. The van der Waals surface area contributed by atoms with Gasteiger partial charge in [0.2, 0.25) is 10.0 Å². The maximum atomic E-state index is 13.3. The molecule has 2 N–H and O–H groups in total. The van der Waals surface area contributed by atoms with Gasteiger partial charge in [0.25, 0.3) is 0 Å². The van der Waals surface area contributed by atoms with Crippen LogP contribution in [-0.2, 0) is 19.9 Å². The Bertz CT molecular complexity index is 760. The number of nitrogens with one attached hydrogen (secondary N) is 1. The third-order valence-electron chi connectivity index (χ3n) is 1.91. The van der Waals surface area contributed by atoms with Crippen molar-refractivity contribution in [1.82, 2.24) is 0 Å². The normalized spacial score (nSPS) is 11.6. The summed E-state index contributed by atoms with van der Waals surface area (Å²) in [7, 11) is -7.82. The number of aliphatic hydroxyl groups excluding tert-OH is 1. The molecule has 0 atom stereocenters. The van der Waals surface area contributed by atoms with Crippen molar-refractivity contribution in [1.29, 1.82) is 0 Å². The van der Waals surface area contributed by atoms with Crippen molar-refractivity contribution in [2.45, 2.75) is 0 Å². The fourth-order valence-corrected chi connectivity index (χ4v) is 4.29. The average molecular weight is 321 g/mol. The van der Waals surface area contributed by atoms with Crippen molar-refractivity contribution in [2.75, 3.05) is 22.7 Å². The van der Waals surface area contributed by atoms with Gasteiger partial charge in [0.05, 0.1) is 5.56 Å². The van der Waals surface area contributed by atoms with Crippen molar-refractivity contribution in [3.63, 3.8) is 0 Å². The van der Waals surface area contributed by atoms with E-state index < -0.39 is 37.4 Å². The highest BCUT2D eigenvalue weighted by atomic mass is 32.3. The molecule has 0 amide bonds. The molecule has 20 heavy (non-hydrogen) atoms. The topological polar surface area (TPSA) is 101 Å². The van der Waals surface area contributed by atoms with E-state index in [1.807, 2.05) is 4.72 Å². The summed E-state index contributed by atoms with van der Waals surface area (Å²) in [5.41, 5.74) is -0.129. The number of hydrogen-bond donors (Lipinski definition) is 2. The summed E-state index contributed by atoms with van der Waals surface area (Å²) < 4.78 is 60.4. The van der Waals surface area contributed by atoms with Gasteiger partial charge in [-0.05, 0) is 18.2 Å². The van der Waals surface area contributed by atoms with Crippen LogP contribution < -0.4 is 4.72 Å². The Balaban J connectivity index is 3.05. The first kappa shape index (κ1) is 16.4. The largest absolute Gasteiger partial charge is 0.384 e. The summed E-state index contributed by atoms with van der Waals surface area (Å²) in [6, 6.07) is 3.23. The van der Waals surface area contributed by atoms with E-state index in [0.29, 0.717) is 0 Å². The molecule has 110 valence electrons. The second kappa shape index (κ2) is 6.21. The monoisotopic (exact) mass is 321 g/mol. The summed E-state index contributed by atoms with van der Waals surface area (Å²) in [6.45, 7) is -0.469. The molecule has 0 spiro atoms. The number of anilines is 1. The molecule has 0 aromatic heterocycles. The van der Waals surface area contributed by atoms with E-state index in [1.165, 1.54) is 0 Å². The first-order chi connectivity index (χ1) is 9.13. The minimum absolute atomic E-state index is 0.0164. The Labute approximate surface area is 116 Å². The summed E-state index contributed by atoms with van der Waals surface area (Å²) in [5, 5.41) is 7.45. The quantitative estimate of drug-likeness (QED) is 0.755. The molecule has 0 saturated heterocycles. The molecule has 9 heteroatoms. The van der Waals surface area contributed by atoms with Crippen LogP contribution in [0.2, 0.25) is 0 Å². The highest BCUT2D eigenvalue weighted by molar-refractivity contribution is 8.08. The lowest BCUT2D eigenvalue weighted by Crippen LogP contribution is -2.22. The molecule has 0 heterocycles. The zero-order valence-electron chi connectivity index (χ0n) is 10.4. The highest BCUT2D eigenvalue weighted by Crippen LogP contribution is 2.15. The van der Waals surface area contributed by atoms with Gasteiger partial charge in [0.15, 0.2) is 14.9 Å². The predicted octanol–water partition coefficient (Wildman–Crippen LogP) is -0.0867. The van der Waals surface area contributed by atoms with Gasteiger partial charge < -0.3 is 5.11 Å². The molecule has 1 aromatic carbocycles. The lowest BCUT2D eigenvalue weighted by Gasteiger charge is -2.07. The van der Waals surface area contributed by atoms with Gasteiger partial charge in [-0.1, -0.05) is 11.8 Å². The van der Waals surface area contributed by atoms with Gasteiger partial charge in [-0.15, -0.1) is 0 Å². The number of hydrogen-bond acceptors (Lipinski definition) is 5. The fraction of sp³-hybridized carbons (Fsp3) is 0.273. The first-order valence-electron chi connectivity index (χ1n) is 5.20. The van der Waals surface area contributed by atoms with Crippen molar-refractivity contribution in [3.05, 3.63) is 29.6 Å². The van der Waals surface area contributed by atoms with Crippen molar-refractivity contribution in [2.24, 2.45) is 0 Å². The Morgan fingerprint density at radius 2 is 1.95 bits per heavy atom. The Morgan fingerprint density at radius 1 is 1.30 bits per heavy atom. The van der Waals surface area contributed by atoms with Gasteiger partial charge in [0.1, 0.15) is 12.4 Å². The molecule has 0 bridgehead atoms. The van der Waals surface area contributed by atoms with E-state index in [-0.39, 0.29) is 11.3 Å². The number of aliphatic hydroxyl groups is 1. The number of sulfone groups is 1. The molecule has 1 rings (SSSR count). The van der Waals surface area contributed by atoms with Gasteiger partial charge in [0, 0.05) is 11.9 Å². The number of halogens is 1. The van der Waals surface area contributed by atoms with Crippen LogP contribution in [0, 0.1) is 17.7 Å². The lowest BCUT2D eigenvalue weighted by atomic mass is 10.2. The van der Waals surface area contributed by atoms with Crippen LogP contribution in [0.3, 0.4) is 0 Å². The van der Waals surface area contributed by atoms with E-state index in [9.17, 15) is 21.2 Å². The van der Waals surface area contributed by atoms with Crippen LogP contribution in [-0.4, -0.2) is 39.9 Å². The second-order valence-corrected chi connectivity index (χ2v) is 8.14. The molecular formula is C11H12FNO5S2.